The molecular formula is C15H30N2O. The predicted molar refractivity (Wildman–Crippen MR) is 75.7 cm³/mol. The molecule has 0 radical (unpaired) electrons. The molecule has 0 aromatic heterocycles. The lowest BCUT2D eigenvalue weighted by Gasteiger charge is -2.32. The number of nitrogens with zero attached hydrogens (tertiary/aromatic N) is 1. The molecule has 1 saturated carbocycles. The number of hydrogen-bond donors (Lipinski definition) is 2. The number of hydrogen-bond acceptors (Lipinski definition) is 3. The van der Waals surface area contributed by atoms with Crippen LogP contribution in [0.3, 0.4) is 0 Å². The fourth-order valence-electron chi connectivity index (χ4n) is 3.80. The van der Waals surface area contributed by atoms with Gasteiger partial charge in [-0.3, -0.25) is 0 Å². The standard InChI is InChI=1S/C15H30N2O/c1-12(2)16-14(11-18)8-10-17-9-7-13-5-3-4-6-15(13)17/h12-16,18H,3-11H2,1-2H3. The monoisotopic (exact) mass is 254 g/mol. The fraction of sp³-hybridized carbons (Fsp3) is 1.00. The van der Waals surface area contributed by atoms with Crippen molar-refractivity contribution in [1.82, 2.24) is 10.2 Å². The van der Waals surface area contributed by atoms with Gasteiger partial charge in [0.2, 0.25) is 0 Å². The average Bonchev–Trinajstić information content (AvgIpc) is 2.77. The minimum absolute atomic E-state index is 0.264. The van der Waals surface area contributed by atoms with E-state index in [2.05, 4.69) is 24.1 Å². The van der Waals surface area contributed by atoms with Gasteiger partial charge in [-0.05, 0) is 38.1 Å². The van der Waals surface area contributed by atoms with Crippen molar-refractivity contribution in [3.8, 4) is 0 Å². The summed E-state index contributed by atoms with van der Waals surface area (Å²) in [5, 5.41) is 12.8. The van der Waals surface area contributed by atoms with Crippen molar-refractivity contribution < 1.29 is 5.11 Å². The van der Waals surface area contributed by atoms with Crippen LogP contribution in [0.25, 0.3) is 0 Å². The zero-order chi connectivity index (χ0) is 13.0. The molecule has 2 rings (SSSR count). The van der Waals surface area contributed by atoms with Crippen LogP contribution in [-0.4, -0.2) is 47.8 Å². The van der Waals surface area contributed by atoms with Gasteiger partial charge >= 0.3 is 0 Å². The van der Waals surface area contributed by atoms with Crippen LogP contribution in [0.1, 0.15) is 52.4 Å². The molecule has 2 fully saturated rings. The van der Waals surface area contributed by atoms with E-state index in [1.54, 1.807) is 0 Å². The van der Waals surface area contributed by atoms with Crippen LogP contribution >= 0.6 is 0 Å². The first-order valence-electron chi connectivity index (χ1n) is 7.81. The first-order valence-corrected chi connectivity index (χ1v) is 7.81. The Hall–Kier alpha value is -0.120. The summed E-state index contributed by atoms with van der Waals surface area (Å²) in [4.78, 5) is 2.69. The minimum atomic E-state index is 0.264. The van der Waals surface area contributed by atoms with Gasteiger partial charge in [0.25, 0.3) is 0 Å². The van der Waals surface area contributed by atoms with E-state index in [1.807, 2.05) is 0 Å². The van der Waals surface area contributed by atoms with Gasteiger partial charge in [0, 0.05) is 24.7 Å². The third kappa shape index (κ3) is 3.69. The average molecular weight is 254 g/mol. The molecule has 0 aromatic carbocycles. The second-order valence-corrected chi connectivity index (χ2v) is 6.43. The van der Waals surface area contributed by atoms with Crippen molar-refractivity contribution in [3.05, 3.63) is 0 Å². The molecule has 1 heterocycles. The summed E-state index contributed by atoms with van der Waals surface area (Å²) in [7, 11) is 0. The minimum Gasteiger partial charge on any atom is -0.395 e. The van der Waals surface area contributed by atoms with Crippen molar-refractivity contribution >= 4 is 0 Å². The molecule has 3 atom stereocenters. The highest BCUT2D eigenvalue weighted by Crippen LogP contribution is 2.36. The third-order valence-electron chi connectivity index (χ3n) is 4.68. The number of aliphatic hydroxyl groups excluding tert-OH is 1. The van der Waals surface area contributed by atoms with Crippen molar-refractivity contribution in [2.45, 2.75) is 70.5 Å². The highest BCUT2D eigenvalue weighted by atomic mass is 16.3. The van der Waals surface area contributed by atoms with Crippen LogP contribution < -0.4 is 5.32 Å². The molecule has 0 bridgehead atoms. The van der Waals surface area contributed by atoms with Crippen molar-refractivity contribution in [2.75, 3.05) is 19.7 Å². The Morgan fingerprint density at radius 1 is 1.22 bits per heavy atom. The summed E-state index contributed by atoms with van der Waals surface area (Å²) in [6, 6.07) is 1.59. The van der Waals surface area contributed by atoms with Crippen LogP contribution in [0.4, 0.5) is 0 Å². The molecule has 0 spiro atoms. The molecule has 3 heteroatoms. The van der Waals surface area contributed by atoms with E-state index >= 15 is 0 Å². The molecule has 1 aliphatic carbocycles. The molecule has 1 aliphatic heterocycles. The van der Waals surface area contributed by atoms with Crippen molar-refractivity contribution in [1.29, 1.82) is 0 Å². The highest BCUT2D eigenvalue weighted by molar-refractivity contribution is 4.90. The lowest BCUT2D eigenvalue weighted by Crippen LogP contribution is -2.42. The first kappa shape index (κ1) is 14.3. The smallest absolute Gasteiger partial charge is 0.0585 e. The normalized spacial score (nSPS) is 30.7. The number of likely N-dealkylation sites (tertiary alicyclic amines) is 1. The molecule has 3 nitrogen and oxygen atoms in total. The molecular weight excluding hydrogens is 224 g/mol. The van der Waals surface area contributed by atoms with Gasteiger partial charge in [-0.1, -0.05) is 26.7 Å². The third-order valence-corrected chi connectivity index (χ3v) is 4.68. The Labute approximate surface area is 112 Å². The Balaban J connectivity index is 1.75. The second kappa shape index (κ2) is 6.88. The Kier molecular flexibility index (Phi) is 5.46. The zero-order valence-corrected chi connectivity index (χ0v) is 12.1. The van der Waals surface area contributed by atoms with Crippen molar-refractivity contribution in [2.24, 2.45) is 5.92 Å². The van der Waals surface area contributed by atoms with Crippen LogP contribution in [0.15, 0.2) is 0 Å². The topological polar surface area (TPSA) is 35.5 Å². The molecule has 2 N–H and O–H groups in total. The van der Waals surface area contributed by atoms with E-state index in [9.17, 15) is 5.11 Å². The number of fused-ring (bicyclic) bond motifs is 1. The van der Waals surface area contributed by atoms with Gasteiger partial charge in [0.1, 0.15) is 0 Å². The van der Waals surface area contributed by atoms with Gasteiger partial charge in [-0.15, -0.1) is 0 Å². The quantitative estimate of drug-likeness (QED) is 0.761. The van der Waals surface area contributed by atoms with Gasteiger partial charge in [-0.25, -0.2) is 0 Å². The number of nitrogens with one attached hydrogen (secondary N) is 1. The Bertz CT molecular complexity index is 245. The molecule has 2 aliphatic rings. The maximum atomic E-state index is 9.40. The molecule has 18 heavy (non-hydrogen) atoms. The summed E-state index contributed by atoms with van der Waals surface area (Å²) in [6.07, 6.45) is 8.22. The maximum Gasteiger partial charge on any atom is 0.0585 e. The van der Waals surface area contributed by atoms with E-state index in [1.165, 1.54) is 38.6 Å². The summed E-state index contributed by atoms with van der Waals surface area (Å²) >= 11 is 0. The summed E-state index contributed by atoms with van der Waals surface area (Å²) < 4.78 is 0. The van der Waals surface area contributed by atoms with Gasteiger partial charge in [0.05, 0.1) is 6.61 Å². The SMILES string of the molecule is CC(C)NC(CO)CCN1CCC2CCCCC21. The number of rotatable bonds is 6. The highest BCUT2D eigenvalue weighted by Gasteiger charge is 2.35. The molecule has 3 unspecified atom stereocenters. The van der Waals surface area contributed by atoms with Gasteiger partial charge < -0.3 is 15.3 Å². The predicted octanol–water partition coefficient (Wildman–Crippen LogP) is 2.00. The van der Waals surface area contributed by atoms with E-state index < -0.39 is 0 Å². The van der Waals surface area contributed by atoms with E-state index in [-0.39, 0.29) is 12.6 Å². The van der Waals surface area contributed by atoms with Crippen LogP contribution in [0, 0.1) is 5.92 Å². The fourth-order valence-corrected chi connectivity index (χ4v) is 3.80. The molecule has 106 valence electrons. The van der Waals surface area contributed by atoms with Crippen LogP contribution in [0.2, 0.25) is 0 Å². The van der Waals surface area contributed by atoms with Crippen LogP contribution in [0.5, 0.6) is 0 Å². The second-order valence-electron chi connectivity index (χ2n) is 6.43. The van der Waals surface area contributed by atoms with E-state index in [0.717, 1.165) is 24.9 Å². The number of aliphatic hydroxyl groups is 1. The van der Waals surface area contributed by atoms with Crippen molar-refractivity contribution in [3.63, 3.8) is 0 Å². The first-order chi connectivity index (χ1) is 8.70. The molecule has 1 saturated heterocycles. The van der Waals surface area contributed by atoms with Gasteiger partial charge in [-0.2, -0.15) is 0 Å². The largest absolute Gasteiger partial charge is 0.395 e. The van der Waals surface area contributed by atoms with E-state index in [0.29, 0.717) is 6.04 Å². The van der Waals surface area contributed by atoms with E-state index in [4.69, 9.17) is 0 Å². The molecule has 0 aromatic rings. The summed E-state index contributed by atoms with van der Waals surface area (Å²) in [6.45, 7) is 7.01. The van der Waals surface area contributed by atoms with Gasteiger partial charge in [0.15, 0.2) is 0 Å². The Morgan fingerprint density at radius 2 is 2.00 bits per heavy atom. The maximum absolute atomic E-state index is 9.40. The van der Waals surface area contributed by atoms with Crippen LogP contribution in [-0.2, 0) is 0 Å². The Morgan fingerprint density at radius 3 is 2.72 bits per heavy atom. The lowest BCUT2D eigenvalue weighted by molar-refractivity contribution is 0.160. The molecule has 0 amide bonds. The summed E-state index contributed by atoms with van der Waals surface area (Å²) in [5.41, 5.74) is 0. The lowest BCUT2D eigenvalue weighted by atomic mass is 9.85. The summed E-state index contributed by atoms with van der Waals surface area (Å²) in [5.74, 6) is 0.976. The zero-order valence-electron chi connectivity index (χ0n) is 12.1.